The van der Waals surface area contributed by atoms with Crippen molar-refractivity contribution >= 4 is 6.03 Å². The minimum absolute atomic E-state index is 0.0125. The average Bonchev–Trinajstić information content (AvgIpc) is 3.09. The third-order valence-electron chi connectivity index (χ3n) is 4.31. The van der Waals surface area contributed by atoms with E-state index in [1.54, 1.807) is 23.2 Å². The molecular formula is C18H17N5O3. The minimum atomic E-state index is -0.268. The number of likely N-dealkylation sites (tertiary alicyclic amines) is 1. The number of urea groups is 1. The Morgan fingerprint density at radius 3 is 2.81 bits per heavy atom. The zero-order valence-corrected chi connectivity index (χ0v) is 13.9. The second-order valence-electron chi connectivity index (χ2n) is 6.12. The summed E-state index contributed by atoms with van der Waals surface area (Å²) in [5.41, 5.74) is 1.14. The van der Waals surface area contributed by atoms with Gasteiger partial charge < -0.3 is 19.7 Å². The van der Waals surface area contributed by atoms with Crippen LogP contribution in [0.3, 0.4) is 0 Å². The first-order valence-electron chi connectivity index (χ1n) is 8.29. The van der Waals surface area contributed by atoms with Crippen LogP contribution in [0.25, 0.3) is 11.4 Å². The molecule has 8 heteroatoms. The van der Waals surface area contributed by atoms with E-state index in [1.807, 2.05) is 30.3 Å². The molecule has 1 fully saturated rings. The van der Waals surface area contributed by atoms with Crippen LogP contribution in [0.2, 0.25) is 0 Å². The molecule has 0 saturated carbocycles. The normalized spacial score (nSPS) is 14.1. The van der Waals surface area contributed by atoms with Gasteiger partial charge in [0.15, 0.2) is 0 Å². The van der Waals surface area contributed by atoms with Crippen molar-refractivity contribution in [2.45, 2.75) is 12.5 Å². The highest BCUT2D eigenvalue weighted by atomic mass is 16.5. The van der Waals surface area contributed by atoms with Gasteiger partial charge in [-0.15, -0.1) is 0 Å². The number of aromatic amines is 1. The van der Waals surface area contributed by atoms with E-state index in [0.29, 0.717) is 31.1 Å². The standard InChI is InChI=1S/C18H17N5O3/c24-16-14(7-4-8-19-16)15-21-17(26-22-15)13-10-23(11-13)18(25)20-9-12-5-2-1-3-6-12/h1-8,13H,9-11H2,(H,19,24)(H,20,25). The summed E-state index contributed by atoms with van der Waals surface area (Å²) in [4.78, 5) is 32.5. The third kappa shape index (κ3) is 3.21. The van der Waals surface area contributed by atoms with Crippen LogP contribution in [0.15, 0.2) is 58.0 Å². The highest BCUT2D eigenvalue weighted by Gasteiger charge is 2.35. The lowest BCUT2D eigenvalue weighted by atomic mass is 10.0. The minimum Gasteiger partial charge on any atom is -0.339 e. The van der Waals surface area contributed by atoms with Crippen molar-refractivity contribution in [2.24, 2.45) is 0 Å². The van der Waals surface area contributed by atoms with Gasteiger partial charge in [-0.2, -0.15) is 4.98 Å². The molecule has 0 atom stereocenters. The highest BCUT2D eigenvalue weighted by Crippen LogP contribution is 2.26. The molecular weight excluding hydrogens is 334 g/mol. The number of carbonyl (C=O) groups is 1. The number of H-pyrrole nitrogens is 1. The van der Waals surface area contributed by atoms with Gasteiger partial charge >= 0.3 is 6.03 Å². The number of pyridine rings is 1. The number of nitrogens with one attached hydrogen (secondary N) is 2. The molecule has 4 rings (SSSR count). The predicted octanol–water partition coefficient (Wildman–Crippen LogP) is 1.73. The van der Waals surface area contributed by atoms with Gasteiger partial charge in [-0.05, 0) is 17.7 Å². The lowest BCUT2D eigenvalue weighted by Gasteiger charge is -2.36. The quantitative estimate of drug-likeness (QED) is 0.745. The molecule has 0 spiro atoms. The van der Waals surface area contributed by atoms with Crippen LogP contribution < -0.4 is 10.9 Å². The monoisotopic (exact) mass is 351 g/mol. The number of rotatable bonds is 4. The maximum atomic E-state index is 12.1. The number of hydrogen-bond donors (Lipinski definition) is 2. The first kappa shape index (κ1) is 16.1. The average molecular weight is 351 g/mol. The van der Waals surface area contributed by atoms with Crippen molar-refractivity contribution in [2.75, 3.05) is 13.1 Å². The molecule has 0 radical (unpaired) electrons. The lowest BCUT2D eigenvalue weighted by Crippen LogP contribution is -2.52. The molecule has 2 amide bonds. The number of nitrogens with zero attached hydrogens (tertiary/aromatic N) is 3. The summed E-state index contributed by atoms with van der Waals surface area (Å²) in [5.74, 6) is 0.686. The van der Waals surface area contributed by atoms with Crippen molar-refractivity contribution in [3.8, 4) is 11.4 Å². The summed E-state index contributed by atoms with van der Waals surface area (Å²) in [7, 11) is 0. The Morgan fingerprint density at radius 1 is 1.23 bits per heavy atom. The summed E-state index contributed by atoms with van der Waals surface area (Å²) in [6.07, 6.45) is 1.55. The van der Waals surface area contributed by atoms with Gasteiger partial charge in [0.05, 0.1) is 11.5 Å². The largest absolute Gasteiger partial charge is 0.339 e. The van der Waals surface area contributed by atoms with Gasteiger partial charge in [-0.25, -0.2) is 4.79 Å². The van der Waals surface area contributed by atoms with E-state index in [9.17, 15) is 9.59 Å². The Morgan fingerprint density at radius 2 is 2.04 bits per heavy atom. The summed E-state index contributed by atoms with van der Waals surface area (Å²) in [5, 5.41) is 6.76. The molecule has 2 aromatic heterocycles. The Kier molecular flexibility index (Phi) is 4.22. The zero-order valence-electron chi connectivity index (χ0n) is 13.9. The van der Waals surface area contributed by atoms with Crippen molar-refractivity contribution in [3.05, 3.63) is 70.5 Å². The third-order valence-corrected chi connectivity index (χ3v) is 4.31. The van der Waals surface area contributed by atoms with Gasteiger partial charge in [0.25, 0.3) is 5.56 Å². The fraction of sp³-hybridized carbons (Fsp3) is 0.222. The van der Waals surface area contributed by atoms with Crippen LogP contribution in [0.1, 0.15) is 17.4 Å². The van der Waals surface area contributed by atoms with E-state index in [1.165, 1.54) is 0 Å². The Hall–Kier alpha value is -3.42. The Balaban J connectivity index is 1.33. The number of hydrogen-bond acceptors (Lipinski definition) is 5. The van der Waals surface area contributed by atoms with Crippen molar-refractivity contribution in [3.63, 3.8) is 0 Å². The second kappa shape index (κ2) is 6.83. The SMILES string of the molecule is O=C(NCc1ccccc1)N1CC(c2nc(-c3ccc[nH]c3=O)no2)C1. The smallest absolute Gasteiger partial charge is 0.317 e. The second-order valence-corrected chi connectivity index (χ2v) is 6.12. The van der Waals surface area contributed by atoms with E-state index in [-0.39, 0.29) is 23.3 Å². The van der Waals surface area contributed by atoms with Crippen molar-refractivity contribution in [1.82, 2.24) is 25.3 Å². The summed E-state index contributed by atoms with van der Waals surface area (Å²) in [6.45, 7) is 1.50. The van der Waals surface area contributed by atoms with E-state index in [4.69, 9.17) is 4.52 Å². The first-order chi connectivity index (χ1) is 12.7. The summed E-state index contributed by atoms with van der Waals surface area (Å²) >= 11 is 0. The predicted molar refractivity (Wildman–Crippen MR) is 93.3 cm³/mol. The van der Waals surface area contributed by atoms with Crippen LogP contribution in [0.5, 0.6) is 0 Å². The molecule has 26 heavy (non-hydrogen) atoms. The fourth-order valence-electron chi connectivity index (χ4n) is 2.79. The molecule has 1 aliphatic heterocycles. The molecule has 3 aromatic rings. The fourth-order valence-corrected chi connectivity index (χ4v) is 2.79. The molecule has 8 nitrogen and oxygen atoms in total. The number of carbonyl (C=O) groups excluding carboxylic acids is 1. The molecule has 132 valence electrons. The van der Waals surface area contributed by atoms with Gasteiger partial charge in [0, 0.05) is 25.8 Å². The van der Waals surface area contributed by atoms with Crippen molar-refractivity contribution < 1.29 is 9.32 Å². The van der Waals surface area contributed by atoms with Gasteiger partial charge in [-0.1, -0.05) is 35.5 Å². The van der Waals surface area contributed by atoms with Crippen LogP contribution in [-0.2, 0) is 6.54 Å². The molecule has 1 aromatic carbocycles. The van der Waals surface area contributed by atoms with Gasteiger partial charge in [0.2, 0.25) is 11.7 Å². The zero-order chi connectivity index (χ0) is 17.9. The summed E-state index contributed by atoms with van der Waals surface area (Å²) < 4.78 is 5.26. The Bertz CT molecular complexity index is 960. The Labute approximate surface area is 148 Å². The van der Waals surface area contributed by atoms with Crippen LogP contribution in [0.4, 0.5) is 4.79 Å². The van der Waals surface area contributed by atoms with Gasteiger partial charge in [0.1, 0.15) is 0 Å². The highest BCUT2D eigenvalue weighted by molar-refractivity contribution is 5.75. The molecule has 0 bridgehead atoms. The van der Waals surface area contributed by atoms with Crippen LogP contribution in [-0.4, -0.2) is 39.1 Å². The van der Waals surface area contributed by atoms with Crippen LogP contribution >= 0.6 is 0 Å². The first-order valence-corrected chi connectivity index (χ1v) is 8.29. The maximum absolute atomic E-state index is 12.1. The van der Waals surface area contributed by atoms with E-state index in [0.717, 1.165) is 5.56 Å². The van der Waals surface area contributed by atoms with E-state index < -0.39 is 0 Å². The molecule has 3 heterocycles. The van der Waals surface area contributed by atoms with E-state index in [2.05, 4.69) is 20.4 Å². The topological polar surface area (TPSA) is 104 Å². The molecule has 1 aliphatic rings. The molecule has 1 saturated heterocycles. The molecule has 0 unspecified atom stereocenters. The molecule has 2 N–H and O–H groups in total. The van der Waals surface area contributed by atoms with E-state index >= 15 is 0 Å². The summed E-state index contributed by atoms with van der Waals surface area (Å²) in [6, 6.07) is 13.0. The van der Waals surface area contributed by atoms with Crippen molar-refractivity contribution in [1.29, 1.82) is 0 Å². The number of aromatic nitrogens is 3. The number of benzene rings is 1. The molecule has 0 aliphatic carbocycles. The van der Waals surface area contributed by atoms with Crippen LogP contribution in [0, 0.1) is 0 Å². The number of amides is 2. The van der Waals surface area contributed by atoms with Gasteiger partial charge in [-0.3, -0.25) is 4.79 Å². The lowest BCUT2D eigenvalue weighted by molar-refractivity contribution is 0.136. The maximum Gasteiger partial charge on any atom is 0.317 e.